The molecular formula is C21H22Cl2N4O3. The van der Waals surface area contributed by atoms with Gasteiger partial charge < -0.3 is 4.90 Å². The van der Waals surface area contributed by atoms with Crippen molar-refractivity contribution in [3.05, 3.63) is 24.0 Å². The molecule has 2 aromatic rings. The highest BCUT2D eigenvalue weighted by atomic mass is 35.5. The molecule has 3 aliphatic rings. The van der Waals surface area contributed by atoms with Crippen molar-refractivity contribution < 1.29 is 14.4 Å². The number of rotatable bonds is 7. The van der Waals surface area contributed by atoms with Crippen LogP contribution >= 0.6 is 23.2 Å². The molecule has 0 bridgehead atoms. The Morgan fingerprint density at radius 1 is 1.27 bits per heavy atom. The minimum absolute atomic E-state index is 0.0388. The minimum Gasteiger partial charge on any atom is -0.328 e. The molecule has 158 valence electrons. The highest BCUT2D eigenvalue weighted by Gasteiger charge is 2.56. The number of hydrogen-bond acceptors (Lipinski definition) is 5. The SMILES string of the molecule is CC(=O)c1nn(CC(=O)N2[C@@H]3C[C@@H]3C[C@H]2C(=O)CC[C@H]2CC2(Cl)Cl)c2ncccc12. The molecule has 5 rings (SSSR count). The molecule has 2 saturated carbocycles. The van der Waals surface area contributed by atoms with Gasteiger partial charge >= 0.3 is 0 Å². The number of hydrogen-bond donors (Lipinski definition) is 0. The zero-order valence-electron chi connectivity index (χ0n) is 16.6. The second-order valence-electron chi connectivity index (χ2n) is 8.72. The maximum Gasteiger partial charge on any atom is 0.245 e. The Labute approximate surface area is 183 Å². The van der Waals surface area contributed by atoms with E-state index >= 15 is 0 Å². The number of carbonyl (C=O) groups is 3. The fourth-order valence-corrected chi connectivity index (χ4v) is 5.35. The summed E-state index contributed by atoms with van der Waals surface area (Å²) in [7, 11) is 0. The number of nitrogens with zero attached hydrogens (tertiary/aromatic N) is 4. The van der Waals surface area contributed by atoms with Crippen LogP contribution in [-0.2, 0) is 16.1 Å². The second kappa shape index (κ2) is 7.02. The number of ketones is 2. The van der Waals surface area contributed by atoms with Gasteiger partial charge in [0.2, 0.25) is 5.91 Å². The van der Waals surface area contributed by atoms with Gasteiger partial charge in [0.25, 0.3) is 0 Å². The van der Waals surface area contributed by atoms with E-state index in [1.54, 1.807) is 23.2 Å². The maximum atomic E-state index is 13.2. The Kier molecular flexibility index (Phi) is 4.67. The van der Waals surface area contributed by atoms with Gasteiger partial charge in [-0.05, 0) is 49.7 Å². The van der Waals surface area contributed by atoms with E-state index in [4.69, 9.17) is 23.2 Å². The smallest absolute Gasteiger partial charge is 0.245 e. The number of alkyl halides is 2. The molecule has 0 unspecified atom stereocenters. The summed E-state index contributed by atoms with van der Waals surface area (Å²) >= 11 is 12.1. The first-order chi connectivity index (χ1) is 14.3. The van der Waals surface area contributed by atoms with E-state index in [1.165, 1.54) is 11.6 Å². The number of amides is 1. The van der Waals surface area contributed by atoms with E-state index < -0.39 is 4.33 Å². The lowest BCUT2D eigenvalue weighted by molar-refractivity contribution is -0.139. The van der Waals surface area contributed by atoms with Crippen molar-refractivity contribution in [1.29, 1.82) is 0 Å². The van der Waals surface area contributed by atoms with Crippen LogP contribution in [0.15, 0.2) is 18.3 Å². The molecule has 3 fully saturated rings. The second-order valence-corrected chi connectivity index (χ2v) is 10.3. The van der Waals surface area contributed by atoms with Crippen LogP contribution in [-0.4, -0.2) is 53.6 Å². The van der Waals surface area contributed by atoms with E-state index in [9.17, 15) is 14.4 Å². The van der Waals surface area contributed by atoms with E-state index in [0.29, 0.717) is 35.5 Å². The first-order valence-electron chi connectivity index (χ1n) is 10.3. The molecule has 0 N–H and O–H groups in total. The van der Waals surface area contributed by atoms with Gasteiger partial charge in [-0.3, -0.25) is 14.4 Å². The summed E-state index contributed by atoms with van der Waals surface area (Å²) in [4.78, 5) is 44.1. The third-order valence-electron chi connectivity index (χ3n) is 6.58. The van der Waals surface area contributed by atoms with E-state index in [1.807, 2.05) is 0 Å². The van der Waals surface area contributed by atoms with Crippen LogP contribution in [0.5, 0.6) is 0 Å². The van der Waals surface area contributed by atoms with Crippen molar-refractivity contribution in [3.8, 4) is 0 Å². The van der Waals surface area contributed by atoms with Crippen molar-refractivity contribution in [2.24, 2.45) is 11.8 Å². The van der Waals surface area contributed by atoms with Crippen LogP contribution in [0.2, 0.25) is 0 Å². The molecular weight excluding hydrogens is 427 g/mol. The normalized spacial score (nSPS) is 28.4. The molecule has 9 heteroatoms. The summed E-state index contributed by atoms with van der Waals surface area (Å²) in [6.07, 6.45) is 5.06. The number of Topliss-reactive ketones (excluding diaryl/α,β-unsaturated/α-hetero) is 2. The van der Waals surface area contributed by atoms with Crippen LogP contribution in [0.4, 0.5) is 0 Å². The Balaban J connectivity index is 1.32. The minimum atomic E-state index is -0.684. The highest BCUT2D eigenvalue weighted by Crippen LogP contribution is 2.55. The molecule has 7 nitrogen and oxygen atoms in total. The fraction of sp³-hybridized carbons (Fsp3) is 0.571. The number of carbonyl (C=O) groups excluding carboxylic acids is 3. The Morgan fingerprint density at radius 3 is 2.73 bits per heavy atom. The molecule has 30 heavy (non-hydrogen) atoms. The van der Waals surface area contributed by atoms with Gasteiger partial charge in [0, 0.05) is 25.6 Å². The lowest BCUT2D eigenvalue weighted by atomic mass is 10.0. The first kappa shape index (κ1) is 19.9. The maximum absolute atomic E-state index is 13.2. The summed E-state index contributed by atoms with van der Waals surface area (Å²) in [5.41, 5.74) is 0.805. The Morgan fingerprint density at radius 2 is 2.03 bits per heavy atom. The van der Waals surface area contributed by atoms with Gasteiger partial charge in [0.15, 0.2) is 17.2 Å². The zero-order chi connectivity index (χ0) is 21.2. The fourth-order valence-electron chi connectivity index (χ4n) is 4.76. The molecule has 3 heterocycles. The van der Waals surface area contributed by atoms with Gasteiger partial charge in [-0.2, -0.15) is 5.10 Å². The third-order valence-corrected chi connectivity index (χ3v) is 7.51. The van der Waals surface area contributed by atoms with E-state index in [2.05, 4.69) is 10.1 Å². The number of fused-ring (bicyclic) bond motifs is 2. The summed E-state index contributed by atoms with van der Waals surface area (Å²) in [6, 6.07) is 3.26. The average molecular weight is 449 g/mol. The van der Waals surface area contributed by atoms with E-state index in [0.717, 1.165) is 19.3 Å². The lowest BCUT2D eigenvalue weighted by Gasteiger charge is -2.27. The van der Waals surface area contributed by atoms with Crippen LogP contribution in [0.25, 0.3) is 11.0 Å². The van der Waals surface area contributed by atoms with Crippen molar-refractivity contribution in [2.75, 3.05) is 0 Å². The number of piperidine rings is 1. The molecule has 2 aliphatic carbocycles. The summed E-state index contributed by atoms with van der Waals surface area (Å²) in [5.74, 6) is 0.324. The van der Waals surface area contributed by atoms with Crippen LogP contribution in [0.3, 0.4) is 0 Å². The van der Waals surface area contributed by atoms with Crippen molar-refractivity contribution in [3.63, 3.8) is 0 Å². The average Bonchev–Trinajstić information content (AvgIpc) is 3.49. The molecule has 1 saturated heterocycles. The van der Waals surface area contributed by atoms with Crippen molar-refractivity contribution >= 4 is 51.7 Å². The number of aromatic nitrogens is 3. The van der Waals surface area contributed by atoms with Crippen LogP contribution in [0.1, 0.15) is 49.5 Å². The van der Waals surface area contributed by atoms with Crippen LogP contribution in [0, 0.1) is 11.8 Å². The van der Waals surface area contributed by atoms with Gasteiger partial charge in [0.1, 0.15) is 16.6 Å². The molecule has 1 aliphatic heterocycles. The highest BCUT2D eigenvalue weighted by molar-refractivity contribution is 6.50. The van der Waals surface area contributed by atoms with Gasteiger partial charge in [-0.25, -0.2) is 9.67 Å². The number of halogens is 2. The largest absolute Gasteiger partial charge is 0.328 e. The summed E-state index contributed by atoms with van der Waals surface area (Å²) in [5, 5.41) is 4.97. The quantitative estimate of drug-likeness (QED) is 0.479. The third kappa shape index (κ3) is 3.42. The van der Waals surface area contributed by atoms with E-state index in [-0.39, 0.29) is 42.0 Å². The molecule has 1 amide bonds. The molecule has 2 aromatic heterocycles. The number of likely N-dealkylation sites (tertiary alicyclic amines) is 1. The van der Waals surface area contributed by atoms with Crippen molar-refractivity contribution in [1.82, 2.24) is 19.7 Å². The molecule has 0 aromatic carbocycles. The predicted octanol–water partition coefficient (Wildman–Crippen LogP) is 3.17. The Hall–Kier alpha value is -1.99. The molecule has 4 atom stereocenters. The van der Waals surface area contributed by atoms with Gasteiger partial charge in [-0.1, -0.05) is 0 Å². The standard InChI is InChI=1S/C21H22Cl2N4O3/c1-11(28)19-14-3-2-6-24-20(14)26(25-19)10-18(30)27-15-7-12(15)8-16(27)17(29)5-4-13-9-21(13,22)23/h2-3,6,12-13,15-16H,4-5,7-10H2,1H3/t12-,13+,15-,16+/m1/s1. The van der Waals surface area contributed by atoms with Crippen LogP contribution < -0.4 is 0 Å². The van der Waals surface area contributed by atoms with Gasteiger partial charge in [0.05, 0.1) is 11.4 Å². The summed E-state index contributed by atoms with van der Waals surface area (Å²) < 4.78 is 0.793. The lowest BCUT2D eigenvalue weighted by Crippen LogP contribution is -2.44. The molecule has 0 spiro atoms. The zero-order valence-corrected chi connectivity index (χ0v) is 18.1. The Bertz CT molecular complexity index is 1070. The monoisotopic (exact) mass is 448 g/mol. The predicted molar refractivity (Wildman–Crippen MR) is 111 cm³/mol. The van der Waals surface area contributed by atoms with Crippen molar-refractivity contribution in [2.45, 2.75) is 62.0 Å². The molecule has 0 radical (unpaired) electrons. The summed E-state index contributed by atoms with van der Waals surface area (Å²) in [6.45, 7) is 1.41. The first-order valence-corrected chi connectivity index (χ1v) is 11.1. The topological polar surface area (TPSA) is 85.2 Å². The number of pyridine rings is 1. The van der Waals surface area contributed by atoms with Gasteiger partial charge in [-0.15, -0.1) is 23.2 Å².